The molecule has 0 aromatic heterocycles. The first-order chi connectivity index (χ1) is 8.16. The normalized spacial score (nSPS) is 9.94. The van der Waals surface area contributed by atoms with Gasteiger partial charge in [-0.3, -0.25) is 10.1 Å². The second-order valence-corrected chi connectivity index (χ2v) is 3.72. The summed E-state index contributed by atoms with van der Waals surface area (Å²) < 4.78 is 5.43. The first-order valence-corrected chi connectivity index (χ1v) is 5.21. The Morgan fingerprint density at radius 3 is 2.47 bits per heavy atom. The lowest BCUT2D eigenvalue weighted by Crippen LogP contribution is -1.93. The van der Waals surface area contributed by atoms with Crippen LogP contribution in [0.5, 0.6) is 11.5 Å². The predicted octanol–water partition coefficient (Wildman–Crippen LogP) is 4.04. The van der Waals surface area contributed by atoms with E-state index in [4.69, 9.17) is 16.3 Å². The highest BCUT2D eigenvalue weighted by atomic mass is 35.5. The summed E-state index contributed by atoms with van der Waals surface area (Å²) in [5.74, 6) is 0.712. The van der Waals surface area contributed by atoms with Gasteiger partial charge in [0.05, 0.1) is 4.92 Å². The van der Waals surface area contributed by atoms with Gasteiger partial charge in [0.1, 0.15) is 5.75 Å². The van der Waals surface area contributed by atoms with Gasteiger partial charge in [-0.05, 0) is 24.3 Å². The van der Waals surface area contributed by atoms with Gasteiger partial charge < -0.3 is 4.74 Å². The number of para-hydroxylation sites is 1. The SMILES string of the molecule is O=[N+]([O-])c1cc(Cl)ccc1Oc1ccccc1. The van der Waals surface area contributed by atoms with Crippen LogP contribution in [0.3, 0.4) is 0 Å². The Morgan fingerprint density at radius 2 is 1.82 bits per heavy atom. The van der Waals surface area contributed by atoms with Gasteiger partial charge in [0, 0.05) is 11.1 Å². The minimum atomic E-state index is -0.524. The molecular formula is C12H8ClNO3. The van der Waals surface area contributed by atoms with Crippen molar-refractivity contribution in [1.82, 2.24) is 0 Å². The zero-order valence-corrected chi connectivity index (χ0v) is 9.42. The van der Waals surface area contributed by atoms with Gasteiger partial charge in [0.25, 0.3) is 0 Å². The number of nitro benzene ring substituents is 1. The van der Waals surface area contributed by atoms with Crippen LogP contribution in [0.25, 0.3) is 0 Å². The molecule has 2 rings (SSSR count). The van der Waals surface area contributed by atoms with Crippen molar-refractivity contribution in [1.29, 1.82) is 0 Å². The van der Waals surface area contributed by atoms with Crippen molar-refractivity contribution in [3.63, 3.8) is 0 Å². The molecule has 0 N–H and O–H groups in total. The van der Waals surface area contributed by atoms with E-state index in [0.29, 0.717) is 10.8 Å². The zero-order valence-electron chi connectivity index (χ0n) is 8.67. The lowest BCUT2D eigenvalue weighted by atomic mass is 10.3. The fourth-order valence-corrected chi connectivity index (χ4v) is 1.50. The van der Waals surface area contributed by atoms with Gasteiger partial charge >= 0.3 is 5.69 Å². The number of nitrogens with zero attached hydrogens (tertiary/aromatic N) is 1. The van der Waals surface area contributed by atoms with Crippen LogP contribution in [-0.2, 0) is 0 Å². The van der Waals surface area contributed by atoms with E-state index in [-0.39, 0.29) is 11.4 Å². The summed E-state index contributed by atoms with van der Waals surface area (Å²) in [4.78, 5) is 10.3. The Balaban J connectivity index is 2.36. The first-order valence-electron chi connectivity index (χ1n) is 4.83. The van der Waals surface area contributed by atoms with Crippen molar-refractivity contribution in [2.75, 3.05) is 0 Å². The van der Waals surface area contributed by atoms with E-state index in [2.05, 4.69) is 0 Å². The molecule has 2 aromatic carbocycles. The maximum absolute atomic E-state index is 10.8. The molecule has 0 saturated carbocycles. The zero-order chi connectivity index (χ0) is 12.3. The van der Waals surface area contributed by atoms with Gasteiger partial charge in [-0.1, -0.05) is 29.8 Å². The Labute approximate surface area is 103 Å². The highest BCUT2D eigenvalue weighted by Crippen LogP contribution is 2.33. The van der Waals surface area contributed by atoms with Gasteiger partial charge in [0.2, 0.25) is 5.75 Å². The summed E-state index contributed by atoms with van der Waals surface area (Å²) in [5.41, 5.74) is -0.152. The molecule has 2 aromatic rings. The van der Waals surface area contributed by atoms with E-state index in [1.165, 1.54) is 12.1 Å². The van der Waals surface area contributed by atoms with Crippen molar-refractivity contribution in [3.8, 4) is 11.5 Å². The van der Waals surface area contributed by atoms with Crippen LogP contribution in [0.2, 0.25) is 5.02 Å². The number of hydrogen-bond acceptors (Lipinski definition) is 3. The quantitative estimate of drug-likeness (QED) is 0.609. The summed E-state index contributed by atoms with van der Waals surface area (Å²) in [6.45, 7) is 0. The van der Waals surface area contributed by atoms with E-state index < -0.39 is 4.92 Å². The van der Waals surface area contributed by atoms with Crippen LogP contribution >= 0.6 is 11.6 Å². The smallest absolute Gasteiger partial charge is 0.313 e. The molecule has 0 fully saturated rings. The number of halogens is 1. The molecule has 0 aliphatic carbocycles. The summed E-state index contributed by atoms with van der Waals surface area (Å²) in [7, 11) is 0. The monoisotopic (exact) mass is 249 g/mol. The maximum atomic E-state index is 10.8. The largest absolute Gasteiger partial charge is 0.450 e. The molecule has 17 heavy (non-hydrogen) atoms. The van der Waals surface area contributed by atoms with Crippen molar-refractivity contribution in [3.05, 3.63) is 63.7 Å². The lowest BCUT2D eigenvalue weighted by molar-refractivity contribution is -0.385. The molecule has 0 aliphatic rings. The fraction of sp³-hybridized carbons (Fsp3) is 0. The number of rotatable bonds is 3. The predicted molar refractivity (Wildman–Crippen MR) is 64.6 cm³/mol. The van der Waals surface area contributed by atoms with Crippen LogP contribution in [0.1, 0.15) is 0 Å². The molecule has 0 amide bonds. The highest BCUT2D eigenvalue weighted by Gasteiger charge is 2.16. The Morgan fingerprint density at radius 1 is 1.12 bits per heavy atom. The van der Waals surface area contributed by atoms with Gasteiger partial charge in [-0.2, -0.15) is 0 Å². The second kappa shape index (κ2) is 4.84. The molecule has 5 heteroatoms. The summed E-state index contributed by atoms with van der Waals surface area (Å²) in [6.07, 6.45) is 0. The minimum absolute atomic E-state index is 0.152. The van der Waals surface area contributed by atoms with Crippen LogP contribution in [0.4, 0.5) is 5.69 Å². The van der Waals surface area contributed by atoms with Crippen LogP contribution in [0.15, 0.2) is 48.5 Å². The molecule has 4 nitrogen and oxygen atoms in total. The Bertz CT molecular complexity index is 543. The molecular weight excluding hydrogens is 242 g/mol. The van der Waals surface area contributed by atoms with Crippen LogP contribution in [0, 0.1) is 10.1 Å². The van der Waals surface area contributed by atoms with E-state index in [1.807, 2.05) is 6.07 Å². The number of ether oxygens (including phenoxy) is 1. The maximum Gasteiger partial charge on any atom is 0.313 e. The lowest BCUT2D eigenvalue weighted by Gasteiger charge is -2.05. The third-order valence-corrected chi connectivity index (χ3v) is 2.32. The second-order valence-electron chi connectivity index (χ2n) is 3.28. The average molecular weight is 250 g/mol. The Hall–Kier alpha value is -2.07. The number of hydrogen-bond donors (Lipinski definition) is 0. The number of nitro groups is 1. The van der Waals surface area contributed by atoms with Crippen molar-refractivity contribution < 1.29 is 9.66 Å². The van der Waals surface area contributed by atoms with Crippen molar-refractivity contribution in [2.45, 2.75) is 0 Å². The minimum Gasteiger partial charge on any atom is -0.450 e. The van der Waals surface area contributed by atoms with Crippen molar-refractivity contribution in [2.24, 2.45) is 0 Å². The molecule has 0 heterocycles. The van der Waals surface area contributed by atoms with E-state index >= 15 is 0 Å². The fourth-order valence-electron chi connectivity index (χ4n) is 1.34. The van der Waals surface area contributed by atoms with E-state index in [1.54, 1.807) is 30.3 Å². The van der Waals surface area contributed by atoms with Crippen LogP contribution < -0.4 is 4.74 Å². The summed E-state index contributed by atoms with van der Waals surface area (Å²) in [5, 5.41) is 11.1. The topological polar surface area (TPSA) is 52.4 Å². The average Bonchev–Trinajstić information content (AvgIpc) is 2.32. The molecule has 0 saturated heterocycles. The molecule has 0 atom stereocenters. The molecule has 0 spiro atoms. The molecule has 0 radical (unpaired) electrons. The van der Waals surface area contributed by atoms with Gasteiger partial charge in [-0.25, -0.2) is 0 Å². The Kier molecular flexibility index (Phi) is 3.25. The molecule has 86 valence electrons. The highest BCUT2D eigenvalue weighted by molar-refractivity contribution is 6.30. The van der Waals surface area contributed by atoms with Crippen LogP contribution in [-0.4, -0.2) is 4.92 Å². The third-order valence-electron chi connectivity index (χ3n) is 2.09. The van der Waals surface area contributed by atoms with Gasteiger partial charge in [0.15, 0.2) is 0 Å². The first kappa shape index (κ1) is 11.4. The molecule has 0 bridgehead atoms. The number of benzene rings is 2. The van der Waals surface area contributed by atoms with E-state index in [9.17, 15) is 10.1 Å². The summed E-state index contributed by atoms with van der Waals surface area (Å²) in [6, 6.07) is 13.1. The van der Waals surface area contributed by atoms with Gasteiger partial charge in [-0.15, -0.1) is 0 Å². The molecule has 0 unspecified atom stereocenters. The third kappa shape index (κ3) is 2.73. The van der Waals surface area contributed by atoms with E-state index in [0.717, 1.165) is 0 Å². The molecule has 0 aliphatic heterocycles. The standard InChI is InChI=1S/C12H8ClNO3/c13-9-6-7-12(11(8-9)14(15)16)17-10-4-2-1-3-5-10/h1-8H. The summed E-state index contributed by atoms with van der Waals surface area (Å²) >= 11 is 5.70. The van der Waals surface area contributed by atoms with Crippen molar-refractivity contribution >= 4 is 17.3 Å².